The zero-order valence-corrected chi connectivity index (χ0v) is 15.6. The molecule has 1 aromatic rings. The summed E-state index contributed by atoms with van der Waals surface area (Å²) >= 11 is 0. The van der Waals surface area contributed by atoms with Crippen molar-refractivity contribution in [2.24, 2.45) is 0 Å². The van der Waals surface area contributed by atoms with Crippen molar-refractivity contribution >= 4 is 23.8 Å². The van der Waals surface area contributed by atoms with Crippen LogP contribution in [0.3, 0.4) is 0 Å². The summed E-state index contributed by atoms with van der Waals surface area (Å²) in [5, 5.41) is 2.94. The average Bonchev–Trinajstić information content (AvgIpc) is 2.90. The monoisotopic (exact) mass is 355 g/mol. The summed E-state index contributed by atoms with van der Waals surface area (Å²) in [7, 11) is 2.30. The van der Waals surface area contributed by atoms with Crippen molar-refractivity contribution < 1.29 is 33.0 Å². The van der Waals surface area contributed by atoms with Gasteiger partial charge in [0.15, 0.2) is 0 Å². The van der Waals surface area contributed by atoms with Crippen molar-refractivity contribution in [2.45, 2.75) is 52.7 Å². The summed E-state index contributed by atoms with van der Waals surface area (Å²) in [4.78, 5) is 36.8. The van der Waals surface area contributed by atoms with E-state index in [9.17, 15) is 14.4 Å². The predicted molar refractivity (Wildman–Crippen MR) is 89.9 cm³/mol. The van der Waals surface area contributed by atoms with Crippen molar-refractivity contribution in [1.29, 1.82) is 0 Å². The Bertz CT molecular complexity index is 655. The highest BCUT2D eigenvalue weighted by atomic mass is 16.6. The number of rotatable bonds is 6. The van der Waals surface area contributed by atoms with Crippen LogP contribution in [0.25, 0.3) is 0 Å². The fourth-order valence-electron chi connectivity index (χ4n) is 1.92. The molecule has 0 saturated heterocycles. The maximum atomic E-state index is 12.4. The first-order valence-corrected chi connectivity index (χ1v) is 7.88. The van der Waals surface area contributed by atoms with Gasteiger partial charge >= 0.3 is 17.9 Å². The van der Waals surface area contributed by atoms with Crippen LogP contribution in [-0.4, -0.2) is 43.8 Å². The van der Waals surface area contributed by atoms with Crippen LogP contribution in [-0.2, 0) is 14.2 Å². The third-order valence-corrected chi connectivity index (χ3v) is 3.24. The molecule has 0 saturated carbocycles. The van der Waals surface area contributed by atoms with Gasteiger partial charge in [-0.3, -0.25) is 0 Å². The van der Waals surface area contributed by atoms with Crippen molar-refractivity contribution in [3.8, 4) is 0 Å². The fourth-order valence-corrected chi connectivity index (χ4v) is 1.92. The molecule has 8 heteroatoms. The maximum absolute atomic E-state index is 12.4. The summed E-state index contributed by atoms with van der Waals surface area (Å²) in [5.74, 6) is -3.06. The van der Waals surface area contributed by atoms with E-state index in [0.717, 1.165) is 14.2 Å². The first-order valence-electron chi connectivity index (χ1n) is 7.88. The molecule has 0 aliphatic carbocycles. The number of ether oxygens (including phenoxy) is 3. The zero-order chi connectivity index (χ0) is 19.4. The van der Waals surface area contributed by atoms with Gasteiger partial charge in [0.2, 0.25) is 11.6 Å². The van der Waals surface area contributed by atoms with Gasteiger partial charge in [-0.15, -0.1) is 0 Å². The molecule has 1 N–H and O–H groups in total. The summed E-state index contributed by atoms with van der Waals surface area (Å²) in [6.45, 7) is 9.02. The number of methoxy groups -OCH3 is 2. The van der Waals surface area contributed by atoms with Gasteiger partial charge in [0.1, 0.15) is 11.1 Å². The minimum Gasteiger partial charge on any atom is -0.465 e. The minimum absolute atomic E-state index is 0.0594. The second kappa shape index (κ2) is 8.04. The van der Waals surface area contributed by atoms with E-state index < -0.39 is 29.2 Å². The van der Waals surface area contributed by atoms with E-state index in [1.165, 1.54) is 0 Å². The third-order valence-electron chi connectivity index (χ3n) is 3.24. The molecule has 1 unspecified atom stereocenters. The van der Waals surface area contributed by atoms with Gasteiger partial charge in [-0.25, -0.2) is 14.4 Å². The van der Waals surface area contributed by atoms with Crippen LogP contribution in [0.5, 0.6) is 0 Å². The summed E-state index contributed by atoms with van der Waals surface area (Å²) < 4.78 is 20.1. The number of carbonyl (C=O) groups is 3. The van der Waals surface area contributed by atoms with Crippen LogP contribution in [0.4, 0.5) is 5.88 Å². The molecule has 0 radical (unpaired) electrons. The molecule has 1 atom stereocenters. The first kappa shape index (κ1) is 20.5. The summed E-state index contributed by atoms with van der Waals surface area (Å²) in [6, 6.07) is 0. The van der Waals surface area contributed by atoms with Crippen LogP contribution in [0.1, 0.15) is 72.3 Å². The Morgan fingerprint density at radius 2 is 1.56 bits per heavy atom. The minimum atomic E-state index is -0.901. The first-order chi connectivity index (χ1) is 11.6. The largest absolute Gasteiger partial charge is 0.465 e. The second-order valence-electron chi connectivity index (χ2n) is 6.49. The normalized spacial score (nSPS) is 12.3. The molecule has 0 bridgehead atoms. The lowest BCUT2D eigenvalue weighted by Gasteiger charge is -2.20. The molecule has 0 aliphatic heterocycles. The van der Waals surface area contributed by atoms with Gasteiger partial charge in [0, 0.05) is 5.54 Å². The number of carbonyl (C=O) groups excluding carboxylic acids is 3. The third kappa shape index (κ3) is 4.98. The van der Waals surface area contributed by atoms with E-state index in [-0.39, 0.29) is 23.1 Å². The van der Waals surface area contributed by atoms with Crippen LogP contribution >= 0.6 is 0 Å². The smallest absolute Gasteiger partial charge is 0.375 e. The molecule has 0 spiro atoms. The Hall–Kier alpha value is -2.51. The standard InChI is InChI=1S/C17H25NO7/c1-8-9(2)24-16(21)12-10(14(19)22-6)11(15(20)23-7)13(25-12)18-17(3,4)5/h9,18H,8H2,1-7H3. The predicted octanol–water partition coefficient (Wildman–Crippen LogP) is 3.02. The molecular formula is C17H25NO7. The average molecular weight is 355 g/mol. The topological polar surface area (TPSA) is 104 Å². The molecule has 140 valence electrons. The molecular weight excluding hydrogens is 330 g/mol. The molecule has 1 heterocycles. The number of anilines is 1. The molecule has 0 amide bonds. The quantitative estimate of drug-likeness (QED) is 0.613. The number of furan rings is 1. The lowest BCUT2D eigenvalue weighted by molar-refractivity contribution is 0.0290. The lowest BCUT2D eigenvalue weighted by atomic mass is 10.1. The van der Waals surface area contributed by atoms with E-state index in [4.69, 9.17) is 18.6 Å². The highest BCUT2D eigenvalue weighted by molar-refractivity contribution is 6.12. The number of hydrogen-bond donors (Lipinski definition) is 1. The van der Waals surface area contributed by atoms with E-state index in [2.05, 4.69) is 5.32 Å². The van der Waals surface area contributed by atoms with Gasteiger partial charge in [-0.2, -0.15) is 0 Å². The molecule has 8 nitrogen and oxygen atoms in total. The van der Waals surface area contributed by atoms with Crippen LogP contribution < -0.4 is 5.32 Å². The van der Waals surface area contributed by atoms with Gasteiger partial charge in [0.05, 0.1) is 20.3 Å². The van der Waals surface area contributed by atoms with Crippen molar-refractivity contribution in [3.05, 3.63) is 16.9 Å². The highest BCUT2D eigenvalue weighted by Gasteiger charge is 2.36. The van der Waals surface area contributed by atoms with E-state index in [0.29, 0.717) is 6.42 Å². The van der Waals surface area contributed by atoms with Crippen LogP contribution in [0.15, 0.2) is 4.42 Å². The second-order valence-corrected chi connectivity index (χ2v) is 6.49. The van der Waals surface area contributed by atoms with Crippen molar-refractivity contribution in [3.63, 3.8) is 0 Å². The van der Waals surface area contributed by atoms with E-state index in [1.54, 1.807) is 6.92 Å². The molecule has 0 aliphatic rings. The van der Waals surface area contributed by atoms with Gasteiger partial charge in [0.25, 0.3) is 0 Å². The van der Waals surface area contributed by atoms with Crippen molar-refractivity contribution in [1.82, 2.24) is 0 Å². The van der Waals surface area contributed by atoms with Crippen LogP contribution in [0.2, 0.25) is 0 Å². The fraction of sp³-hybridized carbons (Fsp3) is 0.588. The Kier molecular flexibility index (Phi) is 6.61. The maximum Gasteiger partial charge on any atom is 0.375 e. The summed E-state index contributed by atoms with van der Waals surface area (Å²) in [6.07, 6.45) is 0.195. The molecule has 0 fully saturated rings. The number of hydrogen-bond acceptors (Lipinski definition) is 8. The number of nitrogens with one attached hydrogen (secondary N) is 1. The van der Waals surface area contributed by atoms with E-state index in [1.807, 2.05) is 27.7 Å². The van der Waals surface area contributed by atoms with Gasteiger partial charge in [-0.1, -0.05) is 6.92 Å². The Morgan fingerprint density at radius 1 is 1.04 bits per heavy atom. The molecule has 1 rings (SSSR count). The van der Waals surface area contributed by atoms with Gasteiger partial charge < -0.3 is 23.9 Å². The van der Waals surface area contributed by atoms with Crippen molar-refractivity contribution in [2.75, 3.05) is 19.5 Å². The van der Waals surface area contributed by atoms with Gasteiger partial charge in [-0.05, 0) is 34.1 Å². The molecule has 1 aromatic heterocycles. The Morgan fingerprint density at radius 3 is 2.00 bits per heavy atom. The SMILES string of the molecule is CCC(C)OC(=O)c1oc(NC(C)(C)C)c(C(=O)OC)c1C(=O)OC. The Balaban J connectivity index is 3.56. The lowest BCUT2D eigenvalue weighted by Crippen LogP contribution is -2.27. The highest BCUT2D eigenvalue weighted by Crippen LogP contribution is 2.32. The summed E-state index contributed by atoms with van der Waals surface area (Å²) in [5.41, 5.74) is -1.04. The zero-order valence-electron chi connectivity index (χ0n) is 15.6. The van der Waals surface area contributed by atoms with E-state index >= 15 is 0 Å². The van der Waals surface area contributed by atoms with Crippen LogP contribution in [0, 0.1) is 0 Å². The number of esters is 3. The molecule has 25 heavy (non-hydrogen) atoms. The molecule has 0 aromatic carbocycles. The Labute approximate surface area is 146 Å².